The number of carbonyl (C=O) groups excluding carboxylic acids is 2. The van der Waals surface area contributed by atoms with Gasteiger partial charge in [-0.2, -0.15) is 0 Å². The van der Waals surface area contributed by atoms with Gasteiger partial charge in [0.15, 0.2) is 6.04 Å². The number of aliphatic carboxylic acids is 1. The Bertz CT molecular complexity index is 404. The first-order valence-electron chi connectivity index (χ1n) is 7.32. The van der Waals surface area contributed by atoms with E-state index in [4.69, 9.17) is 21.7 Å². The van der Waals surface area contributed by atoms with Crippen molar-refractivity contribution in [2.45, 2.75) is 50.4 Å². The molecule has 10 nitrogen and oxygen atoms in total. The Hall–Kier alpha value is -1.75. The fourth-order valence-corrected chi connectivity index (χ4v) is 1.77. The van der Waals surface area contributed by atoms with Crippen molar-refractivity contribution in [2.24, 2.45) is 11.5 Å². The van der Waals surface area contributed by atoms with Crippen LogP contribution in [0.3, 0.4) is 0 Å². The summed E-state index contributed by atoms with van der Waals surface area (Å²) in [6.45, 7) is 1.04. The third-order valence-corrected chi connectivity index (χ3v) is 3.16. The maximum atomic E-state index is 12.2. The van der Waals surface area contributed by atoms with Gasteiger partial charge in [0.05, 0.1) is 12.7 Å². The molecule has 0 saturated heterocycles. The van der Waals surface area contributed by atoms with E-state index >= 15 is 0 Å². The molecule has 23 heavy (non-hydrogen) atoms. The van der Waals surface area contributed by atoms with Crippen LogP contribution in [-0.4, -0.2) is 70.5 Å². The van der Waals surface area contributed by atoms with Crippen molar-refractivity contribution in [3.63, 3.8) is 0 Å². The number of hydrogen-bond acceptors (Lipinski definition) is 7. The third-order valence-electron chi connectivity index (χ3n) is 3.16. The maximum absolute atomic E-state index is 12.2. The van der Waals surface area contributed by atoms with Crippen molar-refractivity contribution in [1.82, 2.24) is 10.6 Å². The smallest absolute Gasteiger partial charge is 0.328 e. The maximum Gasteiger partial charge on any atom is 0.328 e. The van der Waals surface area contributed by atoms with Gasteiger partial charge in [0, 0.05) is 0 Å². The van der Waals surface area contributed by atoms with Crippen molar-refractivity contribution < 1.29 is 29.7 Å². The van der Waals surface area contributed by atoms with Crippen LogP contribution in [0.15, 0.2) is 0 Å². The predicted octanol–water partition coefficient (Wildman–Crippen LogP) is -3.13. The number of aliphatic hydroxyl groups is 2. The number of unbranched alkanes of at least 4 members (excludes halogenated alkanes) is 1. The van der Waals surface area contributed by atoms with E-state index in [2.05, 4.69) is 10.6 Å². The lowest BCUT2D eigenvalue weighted by molar-refractivity contribution is -0.145. The van der Waals surface area contributed by atoms with Crippen molar-refractivity contribution in [1.29, 1.82) is 0 Å². The first kappa shape index (κ1) is 21.2. The Kier molecular flexibility index (Phi) is 10.1. The molecule has 0 aromatic carbocycles. The van der Waals surface area contributed by atoms with Crippen molar-refractivity contribution >= 4 is 17.8 Å². The molecule has 0 aromatic heterocycles. The van der Waals surface area contributed by atoms with Crippen molar-refractivity contribution in [2.75, 3.05) is 13.2 Å². The Morgan fingerprint density at radius 1 is 1.13 bits per heavy atom. The summed E-state index contributed by atoms with van der Waals surface area (Å²) in [6.07, 6.45) is 0.0515. The monoisotopic (exact) mass is 334 g/mol. The number of hydrogen-bond donors (Lipinski definition) is 7. The lowest BCUT2D eigenvalue weighted by Gasteiger charge is -2.23. The molecule has 0 spiro atoms. The van der Waals surface area contributed by atoms with Crippen LogP contribution in [0.5, 0.6) is 0 Å². The lowest BCUT2D eigenvalue weighted by Crippen LogP contribution is -2.56. The van der Waals surface area contributed by atoms with E-state index in [-0.39, 0.29) is 6.42 Å². The molecule has 134 valence electrons. The van der Waals surface area contributed by atoms with Crippen LogP contribution < -0.4 is 22.1 Å². The molecule has 0 rings (SSSR count). The van der Waals surface area contributed by atoms with Crippen LogP contribution in [-0.2, 0) is 14.4 Å². The summed E-state index contributed by atoms with van der Waals surface area (Å²) in [4.78, 5) is 34.9. The summed E-state index contributed by atoms with van der Waals surface area (Å²) in [5, 5.41) is 31.7. The van der Waals surface area contributed by atoms with Crippen LogP contribution in [0, 0.1) is 0 Å². The zero-order valence-electron chi connectivity index (χ0n) is 13.1. The Morgan fingerprint density at radius 3 is 2.17 bits per heavy atom. The summed E-state index contributed by atoms with van der Waals surface area (Å²) in [6, 6.07) is -3.72. The number of carbonyl (C=O) groups is 3. The van der Waals surface area contributed by atoms with Gasteiger partial charge in [-0.3, -0.25) is 9.59 Å². The molecule has 4 unspecified atom stereocenters. The second-order valence-electron chi connectivity index (χ2n) is 5.20. The van der Waals surface area contributed by atoms with Crippen molar-refractivity contribution in [3.05, 3.63) is 0 Å². The number of rotatable bonds is 11. The van der Waals surface area contributed by atoms with Crippen LogP contribution in [0.25, 0.3) is 0 Å². The van der Waals surface area contributed by atoms with Gasteiger partial charge in [0.25, 0.3) is 0 Å². The number of nitrogens with two attached hydrogens (primary N) is 2. The third kappa shape index (κ3) is 7.88. The standard InChI is InChI=1S/C13H26N4O6/c1-7(19)10(13(22)23)17-12(21)9(4-2-3-5-14)16-11(20)8(15)6-18/h7-10,18-19H,2-6,14-15H2,1H3,(H,16,20)(H,17,21)(H,22,23). The molecule has 0 aliphatic heterocycles. The zero-order chi connectivity index (χ0) is 18.0. The Balaban J connectivity index is 4.91. The van der Waals surface area contributed by atoms with E-state index in [1.807, 2.05) is 0 Å². The number of nitrogens with one attached hydrogen (secondary N) is 2. The zero-order valence-corrected chi connectivity index (χ0v) is 13.1. The minimum Gasteiger partial charge on any atom is -0.480 e. The normalized spacial score (nSPS) is 16.0. The summed E-state index contributed by atoms with van der Waals surface area (Å²) in [7, 11) is 0. The topological polar surface area (TPSA) is 188 Å². The molecule has 0 aromatic rings. The molecule has 9 N–H and O–H groups in total. The van der Waals surface area contributed by atoms with Crippen molar-refractivity contribution in [3.8, 4) is 0 Å². The average molecular weight is 334 g/mol. The fraction of sp³-hybridized carbons (Fsp3) is 0.769. The molecule has 0 radical (unpaired) electrons. The number of carboxylic acids is 1. The van der Waals surface area contributed by atoms with E-state index in [1.165, 1.54) is 6.92 Å². The van der Waals surface area contributed by atoms with Crippen LogP contribution >= 0.6 is 0 Å². The molecule has 0 bridgehead atoms. The largest absolute Gasteiger partial charge is 0.480 e. The van der Waals surface area contributed by atoms with E-state index in [1.54, 1.807) is 0 Å². The number of carboxylic acid groups (broad SMARTS) is 1. The summed E-state index contributed by atoms with van der Waals surface area (Å²) in [5.41, 5.74) is 10.7. The Morgan fingerprint density at radius 2 is 1.74 bits per heavy atom. The number of aliphatic hydroxyl groups excluding tert-OH is 2. The van der Waals surface area contributed by atoms with Gasteiger partial charge >= 0.3 is 5.97 Å². The molecule has 10 heteroatoms. The molecular weight excluding hydrogens is 308 g/mol. The quantitative estimate of drug-likeness (QED) is 0.193. The molecule has 0 heterocycles. The predicted molar refractivity (Wildman–Crippen MR) is 81.1 cm³/mol. The summed E-state index contributed by atoms with van der Waals surface area (Å²) < 4.78 is 0. The van der Waals surface area contributed by atoms with E-state index in [0.717, 1.165) is 0 Å². The highest BCUT2D eigenvalue weighted by molar-refractivity contribution is 5.91. The van der Waals surface area contributed by atoms with E-state index in [0.29, 0.717) is 19.4 Å². The minimum absolute atomic E-state index is 0.221. The van der Waals surface area contributed by atoms with Crippen LogP contribution in [0.1, 0.15) is 26.2 Å². The molecular formula is C13H26N4O6. The molecule has 0 saturated carbocycles. The lowest BCUT2D eigenvalue weighted by atomic mass is 10.1. The first-order chi connectivity index (χ1) is 10.7. The fourth-order valence-electron chi connectivity index (χ4n) is 1.77. The van der Waals surface area contributed by atoms with Crippen LogP contribution in [0.2, 0.25) is 0 Å². The van der Waals surface area contributed by atoms with Gasteiger partial charge < -0.3 is 37.4 Å². The Labute approximate surface area is 134 Å². The van der Waals surface area contributed by atoms with E-state index < -0.39 is 48.6 Å². The summed E-state index contributed by atoms with van der Waals surface area (Å²) in [5.74, 6) is -2.88. The summed E-state index contributed by atoms with van der Waals surface area (Å²) >= 11 is 0. The highest BCUT2D eigenvalue weighted by atomic mass is 16.4. The molecule has 2 amide bonds. The molecule has 0 aliphatic rings. The SMILES string of the molecule is CC(O)C(NC(=O)C(CCCCN)NC(=O)C(N)CO)C(=O)O. The molecule has 4 atom stereocenters. The van der Waals surface area contributed by atoms with Gasteiger partial charge in [0.2, 0.25) is 11.8 Å². The highest BCUT2D eigenvalue weighted by Crippen LogP contribution is 2.03. The first-order valence-corrected chi connectivity index (χ1v) is 7.32. The van der Waals surface area contributed by atoms with Gasteiger partial charge in [0.1, 0.15) is 12.1 Å². The minimum atomic E-state index is -1.50. The number of amides is 2. The molecule has 0 fully saturated rings. The molecule has 0 aliphatic carbocycles. The average Bonchev–Trinajstić information content (AvgIpc) is 2.49. The van der Waals surface area contributed by atoms with Crippen LogP contribution in [0.4, 0.5) is 0 Å². The van der Waals surface area contributed by atoms with Gasteiger partial charge in [-0.25, -0.2) is 4.79 Å². The van der Waals surface area contributed by atoms with Gasteiger partial charge in [-0.15, -0.1) is 0 Å². The van der Waals surface area contributed by atoms with E-state index in [9.17, 15) is 19.5 Å². The van der Waals surface area contributed by atoms with Gasteiger partial charge in [-0.05, 0) is 32.7 Å². The second kappa shape index (κ2) is 10.9. The highest BCUT2D eigenvalue weighted by Gasteiger charge is 2.29. The second-order valence-corrected chi connectivity index (χ2v) is 5.20. The van der Waals surface area contributed by atoms with Gasteiger partial charge in [-0.1, -0.05) is 0 Å².